The topological polar surface area (TPSA) is 29.3 Å². The van der Waals surface area contributed by atoms with E-state index in [9.17, 15) is 0 Å². The number of nitrogens with zero attached hydrogens (tertiary/aromatic N) is 1. The molecule has 1 aromatic rings. The molecule has 0 saturated heterocycles. The zero-order valence-corrected chi connectivity index (χ0v) is 10.5. The van der Waals surface area contributed by atoms with Gasteiger partial charge in [-0.2, -0.15) is 0 Å². The van der Waals surface area contributed by atoms with E-state index in [4.69, 9.17) is 17.3 Å². The van der Waals surface area contributed by atoms with Gasteiger partial charge in [0.25, 0.3) is 0 Å². The van der Waals surface area contributed by atoms with E-state index in [2.05, 4.69) is 26.9 Å². The number of nitrogens with two attached hydrogens (primary N) is 1. The summed E-state index contributed by atoms with van der Waals surface area (Å²) in [4.78, 5) is 2.16. The van der Waals surface area contributed by atoms with Gasteiger partial charge in [0.2, 0.25) is 0 Å². The molecule has 1 aromatic carbocycles. The zero-order valence-electron chi connectivity index (χ0n) is 8.13. The third-order valence-electron chi connectivity index (χ3n) is 1.89. The molecule has 0 saturated carbocycles. The van der Waals surface area contributed by atoms with Crippen molar-refractivity contribution in [3.63, 3.8) is 0 Å². The highest BCUT2D eigenvalue weighted by Gasteiger charge is 2.01. The van der Waals surface area contributed by atoms with Crippen LogP contribution in [0.25, 0.3) is 0 Å². The smallest absolute Gasteiger partial charge is 0.0420 e. The fourth-order valence-corrected chi connectivity index (χ4v) is 2.24. The van der Waals surface area contributed by atoms with E-state index >= 15 is 0 Å². The third-order valence-corrected chi connectivity index (χ3v) is 2.56. The maximum atomic E-state index is 5.94. The van der Waals surface area contributed by atoms with E-state index in [1.807, 2.05) is 19.2 Å². The SMILES string of the molecule is CN(CCN)Cc1cc(Cl)cc(Br)c1. The highest BCUT2D eigenvalue weighted by atomic mass is 79.9. The molecule has 0 fully saturated rings. The zero-order chi connectivity index (χ0) is 10.6. The Morgan fingerprint density at radius 2 is 2.14 bits per heavy atom. The summed E-state index contributed by atoms with van der Waals surface area (Å²) in [5.74, 6) is 0. The molecule has 78 valence electrons. The molecular weight excluding hydrogens is 263 g/mol. The highest BCUT2D eigenvalue weighted by molar-refractivity contribution is 9.10. The van der Waals surface area contributed by atoms with Crippen molar-refractivity contribution in [3.8, 4) is 0 Å². The van der Waals surface area contributed by atoms with Crippen LogP contribution in [0.4, 0.5) is 0 Å². The van der Waals surface area contributed by atoms with Gasteiger partial charge in [0, 0.05) is 29.1 Å². The van der Waals surface area contributed by atoms with Crippen LogP contribution in [0.15, 0.2) is 22.7 Å². The predicted octanol–water partition coefficient (Wildman–Crippen LogP) is 2.49. The Kier molecular flexibility index (Phi) is 4.89. The molecule has 0 heterocycles. The first-order chi connectivity index (χ1) is 6.61. The molecule has 2 N–H and O–H groups in total. The number of hydrogen-bond acceptors (Lipinski definition) is 2. The number of likely N-dealkylation sites (N-methyl/N-ethyl adjacent to an activating group) is 1. The minimum Gasteiger partial charge on any atom is -0.329 e. The van der Waals surface area contributed by atoms with E-state index < -0.39 is 0 Å². The molecule has 0 unspecified atom stereocenters. The maximum Gasteiger partial charge on any atom is 0.0420 e. The standard InChI is InChI=1S/C10H14BrClN2/c1-14(3-2-13)7-8-4-9(11)6-10(12)5-8/h4-6H,2-3,7,13H2,1H3. The molecule has 0 atom stereocenters. The van der Waals surface area contributed by atoms with Crippen LogP contribution in [-0.2, 0) is 6.54 Å². The summed E-state index contributed by atoms with van der Waals surface area (Å²) in [6.45, 7) is 2.44. The molecule has 1 rings (SSSR count). The summed E-state index contributed by atoms with van der Waals surface area (Å²) in [6.07, 6.45) is 0. The van der Waals surface area contributed by atoms with Gasteiger partial charge >= 0.3 is 0 Å². The van der Waals surface area contributed by atoms with Gasteiger partial charge in [-0.25, -0.2) is 0 Å². The maximum absolute atomic E-state index is 5.94. The van der Waals surface area contributed by atoms with Crippen LogP contribution >= 0.6 is 27.5 Å². The van der Waals surface area contributed by atoms with Gasteiger partial charge in [-0.15, -0.1) is 0 Å². The quantitative estimate of drug-likeness (QED) is 0.916. The first-order valence-electron chi connectivity index (χ1n) is 4.45. The molecule has 4 heteroatoms. The average molecular weight is 278 g/mol. The molecule has 0 aliphatic carbocycles. The average Bonchev–Trinajstić information content (AvgIpc) is 2.01. The molecule has 14 heavy (non-hydrogen) atoms. The fourth-order valence-electron chi connectivity index (χ4n) is 1.31. The lowest BCUT2D eigenvalue weighted by atomic mass is 10.2. The van der Waals surface area contributed by atoms with Crippen molar-refractivity contribution in [2.75, 3.05) is 20.1 Å². The van der Waals surface area contributed by atoms with Crippen molar-refractivity contribution in [1.29, 1.82) is 0 Å². The molecule has 0 aliphatic heterocycles. The lowest BCUT2D eigenvalue weighted by molar-refractivity contribution is 0.336. The Balaban J connectivity index is 2.66. The summed E-state index contributed by atoms with van der Waals surface area (Å²) in [5.41, 5.74) is 6.66. The molecule has 0 amide bonds. The van der Waals surface area contributed by atoms with Gasteiger partial charge in [-0.05, 0) is 30.8 Å². The van der Waals surface area contributed by atoms with Crippen LogP contribution in [0, 0.1) is 0 Å². The second-order valence-corrected chi connectivity index (χ2v) is 4.66. The highest BCUT2D eigenvalue weighted by Crippen LogP contribution is 2.20. The fraction of sp³-hybridized carbons (Fsp3) is 0.400. The predicted molar refractivity (Wildman–Crippen MR) is 64.5 cm³/mol. The number of rotatable bonds is 4. The molecule has 0 radical (unpaired) electrons. The van der Waals surface area contributed by atoms with Gasteiger partial charge in [-0.3, -0.25) is 0 Å². The van der Waals surface area contributed by atoms with Crippen molar-refractivity contribution < 1.29 is 0 Å². The van der Waals surface area contributed by atoms with E-state index in [0.29, 0.717) is 6.54 Å². The van der Waals surface area contributed by atoms with Crippen LogP contribution in [-0.4, -0.2) is 25.0 Å². The van der Waals surface area contributed by atoms with Crippen LogP contribution in [0.2, 0.25) is 5.02 Å². The molecule has 0 aliphatic rings. The van der Waals surface area contributed by atoms with E-state index in [0.717, 1.165) is 22.6 Å². The van der Waals surface area contributed by atoms with Gasteiger partial charge < -0.3 is 10.6 Å². The Bertz CT molecular complexity index is 284. The minimum absolute atomic E-state index is 0.679. The van der Waals surface area contributed by atoms with Crippen LogP contribution in [0.1, 0.15) is 5.56 Å². The molecule has 0 aromatic heterocycles. The summed E-state index contributed by atoms with van der Waals surface area (Å²) in [5, 5.41) is 0.760. The second kappa shape index (κ2) is 5.71. The van der Waals surface area contributed by atoms with Crippen LogP contribution in [0.3, 0.4) is 0 Å². The van der Waals surface area contributed by atoms with Gasteiger partial charge in [-0.1, -0.05) is 27.5 Å². The first-order valence-corrected chi connectivity index (χ1v) is 5.62. The van der Waals surface area contributed by atoms with Gasteiger partial charge in [0.15, 0.2) is 0 Å². The number of benzene rings is 1. The minimum atomic E-state index is 0.679. The Hall–Kier alpha value is -0.0900. The van der Waals surface area contributed by atoms with Gasteiger partial charge in [0.1, 0.15) is 0 Å². The molecule has 2 nitrogen and oxygen atoms in total. The molecule has 0 bridgehead atoms. The first kappa shape index (κ1) is 12.0. The largest absolute Gasteiger partial charge is 0.329 e. The third kappa shape index (κ3) is 3.96. The summed E-state index contributed by atoms with van der Waals surface area (Å²) in [6, 6.07) is 5.92. The van der Waals surface area contributed by atoms with Crippen molar-refractivity contribution >= 4 is 27.5 Å². The van der Waals surface area contributed by atoms with Crippen molar-refractivity contribution in [1.82, 2.24) is 4.90 Å². The number of halogens is 2. The number of hydrogen-bond donors (Lipinski definition) is 1. The van der Waals surface area contributed by atoms with Crippen molar-refractivity contribution in [2.24, 2.45) is 5.73 Å². The monoisotopic (exact) mass is 276 g/mol. The lowest BCUT2D eigenvalue weighted by Crippen LogP contribution is -2.24. The van der Waals surface area contributed by atoms with Gasteiger partial charge in [0.05, 0.1) is 0 Å². The molecular formula is C10H14BrClN2. The second-order valence-electron chi connectivity index (χ2n) is 3.30. The lowest BCUT2D eigenvalue weighted by Gasteiger charge is -2.15. The van der Waals surface area contributed by atoms with Crippen molar-refractivity contribution in [3.05, 3.63) is 33.3 Å². The summed E-state index contributed by atoms with van der Waals surface area (Å²) in [7, 11) is 2.04. The summed E-state index contributed by atoms with van der Waals surface area (Å²) < 4.78 is 1.01. The normalized spacial score (nSPS) is 10.9. The van der Waals surface area contributed by atoms with E-state index in [1.165, 1.54) is 5.56 Å². The Morgan fingerprint density at radius 3 is 2.71 bits per heavy atom. The van der Waals surface area contributed by atoms with Crippen LogP contribution in [0.5, 0.6) is 0 Å². The van der Waals surface area contributed by atoms with E-state index in [1.54, 1.807) is 0 Å². The van der Waals surface area contributed by atoms with Crippen molar-refractivity contribution in [2.45, 2.75) is 6.54 Å². The summed E-state index contributed by atoms with van der Waals surface area (Å²) >= 11 is 9.35. The van der Waals surface area contributed by atoms with E-state index in [-0.39, 0.29) is 0 Å². The van der Waals surface area contributed by atoms with Crippen LogP contribution < -0.4 is 5.73 Å². The Morgan fingerprint density at radius 1 is 1.43 bits per heavy atom. The molecule has 0 spiro atoms. The Labute approximate surface area is 98.2 Å².